The fraction of sp³-hybridized carbons (Fsp3) is 0.286. The highest BCUT2D eigenvalue weighted by Gasteiger charge is 2.16. The number of alkyl halides is 2. The average Bonchev–Trinajstić information content (AvgIpc) is 2.07. The Labute approximate surface area is 81.2 Å². The molecule has 1 aromatic rings. The third-order valence-electron chi connectivity index (χ3n) is 1.44. The van der Waals surface area contributed by atoms with E-state index in [4.69, 9.17) is 10.2 Å². The molecule has 3 nitrogen and oxygen atoms in total. The molecule has 1 rings (SSSR count). The lowest BCUT2D eigenvalue weighted by Crippen LogP contribution is -1.96. The van der Waals surface area contributed by atoms with Gasteiger partial charge in [0.2, 0.25) is 0 Å². The summed E-state index contributed by atoms with van der Waals surface area (Å²) in [5.74, 6) is -0.430. The molecule has 0 aliphatic rings. The summed E-state index contributed by atoms with van der Waals surface area (Å²) in [6, 6.07) is 0.882. The second kappa shape index (κ2) is 3.97. The van der Waals surface area contributed by atoms with Gasteiger partial charge in [-0.15, -0.1) is 0 Å². The van der Waals surface area contributed by atoms with Crippen LogP contribution in [0.5, 0.6) is 5.75 Å². The summed E-state index contributed by atoms with van der Waals surface area (Å²) in [6.07, 6.45) is -2.71. The topological polar surface area (TPSA) is 53.4 Å². The second-order valence-corrected chi connectivity index (χ2v) is 3.04. The van der Waals surface area contributed by atoms with E-state index in [1.165, 1.54) is 0 Å². The molecule has 0 aliphatic carbocycles. The fourth-order valence-corrected chi connectivity index (χ4v) is 1.30. The molecule has 0 amide bonds. The summed E-state index contributed by atoms with van der Waals surface area (Å²) >= 11 is 2.81. The molecule has 0 atom stereocenters. The first-order chi connectivity index (χ1) is 6.06. The van der Waals surface area contributed by atoms with Gasteiger partial charge in [-0.25, -0.2) is 13.8 Å². The highest BCUT2D eigenvalue weighted by Crippen LogP contribution is 2.30. The van der Waals surface area contributed by atoms with Crippen molar-refractivity contribution in [3.8, 4) is 5.75 Å². The van der Waals surface area contributed by atoms with Crippen molar-refractivity contribution >= 4 is 15.9 Å². The van der Waals surface area contributed by atoms with Gasteiger partial charge in [-0.05, 0) is 22.0 Å². The van der Waals surface area contributed by atoms with Crippen LogP contribution >= 0.6 is 15.9 Å². The molecule has 0 bridgehead atoms. The molecule has 1 heterocycles. The van der Waals surface area contributed by atoms with Crippen molar-refractivity contribution in [3.63, 3.8) is 0 Å². The number of aromatic hydroxyl groups is 1. The summed E-state index contributed by atoms with van der Waals surface area (Å²) in [5, 5.41) is 17.7. The van der Waals surface area contributed by atoms with Crippen LogP contribution in [-0.4, -0.2) is 15.2 Å². The van der Waals surface area contributed by atoms with Gasteiger partial charge >= 0.3 is 0 Å². The first-order valence-electron chi connectivity index (χ1n) is 3.33. The molecule has 6 heteroatoms. The Kier molecular flexibility index (Phi) is 3.16. The van der Waals surface area contributed by atoms with Crippen molar-refractivity contribution < 1.29 is 19.0 Å². The van der Waals surface area contributed by atoms with Crippen LogP contribution in [0.3, 0.4) is 0 Å². The lowest BCUT2D eigenvalue weighted by Gasteiger charge is -2.06. The van der Waals surface area contributed by atoms with Gasteiger partial charge in [0.05, 0.1) is 12.2 Å². The maximum atomic E-state index is 12.2. The third-order valence-corrected chi connectivity index (χ3v) is 2.08. The van der Waals surface area contributed by atoms with Crippen LogP contribution in [0.2, 0.25) is 0 Å². The number of hydrogen-bond donors (Lipinski definition) is 2. The number of aliphatic hydroxyl groups is 1. The second-order valence-electron chi connectivity index (χ2n) is 2.29. The molecule has 0 aliphatic heterocycles. The van der Waals surface area contributed by atoms with Crippen LogP contribution in [-0.2, 0) is 6.61 Å². The molecule has 0 radical (unpaired) electrons. The SMILES string of the molecule is OCc1nc(Br)c(C(F)F)cc1O. The standard InChI is InChI=1S/C7H6BrF2NO2/c8-6-3(7(9)10)1-5(13)4(2-12)11-6/h1,7,12-13H,2H2. The summed E-state index contributed by atoms with van der Waals surface area (Å²) in [4.78, 5) is 3.55. The molecule has 0 unspecified atom stereocenters. The lowest BCUT2D eigenvalue weighted by molar-refractivity contribution is 0.149. The Morgan fingerprint density at radius 2 is 2.15 bits per heavy atom. The van der Waals surface area contributed by atoms with Gasteiger partial charge in [0.25, 0.3) is 6.43 Å². The van der Waals surface area contributed by atoms with E-state index in [1.807, 2.05) is 0 Å². The Balaban J connectivity index is 3.20. The molecule has 0 saturated heterocycles. The number of rotatable bonds is 2. The first kappa shape index (κ1) is 10.3. The van der Waals surface area contributed by atoms with Crippen LogP contribution in [0.15, 0.2) is 10.7 Å². The summed E-state index contributed by atoms with van der Waals surface area (Å²) in [7, 11) is 0. The number of aromatic nitrogens is 1. The molecule has 1 aromatic heterocycles. The number of hydrogen-bond acceptors (Lipinski definition) is 3. The van der Waals surface area contributed by atoms with Gasteiger partial charge in [0, 0.05) is 0 Å². The van der Waals surface area contributed by atoms with Crippen LogP contribution < -0.4 is 0 Å². The smallest absolute Gasteiger partial charge is 0.266 e. The Morgan fingerprint density at radius 1 is 1.54 bits per heavy atom. The molecular weight excluding hydrogens is 248 g/mol. The van der Waals surface area contributed by atoms with E-state index in [2.05, 4.69) is 20.9 Å². The van der Waals surface area contributed by atoms with E-state index in [-0.39, 0.29) is 10.3 Å². The molecule has 13 heavy (non-hydrogen) atoms. The molecule has 72 valence electrons. The predicted molar refractivity (Wildman–Crippen MR) is 44.5 cm³/mol. The van der Waals surface area contributed by atoms with Crippen molar-refractivity contribution in [2.45, 2.75) is 13.0 Å². The van der Waals surface area contributed by atoms with Crippen molar-refractivity contribution in [1.82, 2.24) is 4.98 Å². The lowest BCUT2D eigenvalue weighted by atomic mass is 10.2. The number of pyridine rings is 1. The van der Waals surface area contributed by atoms with E-state index in [0.717, 1.165) is 6.07 Å². The zero-order valence-corrected chi connectivity index (χ0v) is 7.92. The largest absolute Gasteiger partial charge is 0.506 e. The monoisotopic (exact) mass is 253 g/mol. The Bertz CT molecular complexity index is 320. The highest BCUT2D eigenvalue weighted by molar-refractivity contribution is 9.10. The quantitative estimate of drug-likeness (QED) is 0.793. The van der Waals surface area contributed by atoms with Gasteiger partial charge < -0.3 is 10.2 Å². The maximum absolute atomic E-state index is 12.2. The molecule has 0 saturated carbocycles. The fourth-order valence-electron chi connectivity index (χ4n) is 0.800. The van der Waals surface area contributed by atoms with Gasteiger partial charge in [-0.3, -0.25) is 0 Å². The minimum Gasteiger partial charge on any atom is -0.506 e. The highest BCUT2D eigenvalue weighted by atomic mass is 79.9. The average molecular weight is 254 g/mol. The Morgan fingerprint density at radius 3 is 2.62 bits per heavy atom. The number of aliphatic hydroxyl groups excluding tert-OH is 1. The van der Waals surface area contributed by atoms with E-state index < -0.39 is 24.3 Å². The maximum Gasteiger partial charge on any atom is 0.266 e. The van der Waals surface area contributed by atoms with Crippen molar-refractivity contribution in [2.75, 3.05) is 0 Å². The van der Waals surface area contributed by atoms with Crippen LogP contribution in [0.1, 0.15) is 17.7 Å². The zero-order valence-electron chi connectivity index (χ0n) is 6.34. The summed E-state index contributed by atoms with van der Waals surface area (Å²) in [5.41, 5.74) is -0.425. The zero-order chi connectivity index (χ0) is 10.0. The minimum absolute atomic E-state index is 0.0312. The van der Waals surface area contributed by atoms with E-state index >= 15 is 0 Å². The minimum atomic E-state index is -2.71. The van der Waals surface area contributed by atoms with Gasteiger partial charge in [-0.1, -0.05) is 0 Å². The number of nitrogens with zero attached hydrogens (tertiary/aromatic N) is 1. The van der Waals surface area contributed by atoms with Gasteiger partial charge in [-0.2, -0.15) is 0 Å². The predicted octanol–water partition coefficient (Wildman–Crippen LogP) is 1.98. The normalized spacial score (nSPS) is 10.8. The molecular formula is C7H6BrF2NO2. The van der Waals surface area contributed by atoms with Crippen molar-refractivity contribution in [1.29, 1.82) is 0 Å². The van der Waals surface area contributed by atoms with Crippen molar-refractivity contribution in [2.24, 2.45) is 0 Å². The van der Waals surface area contributed by atoms with Gasteiger partial charge in [0.15, 0.2) is 0 Å². The first-order valence-corrected chi connectivity index (χ1v) is 4.13. The molecule has 2 N–H and O–H groups in total. The van der Waals surface area contributed by atoms with Gasteiger partial charge in [0.1, 0.15) is 16.0 Å². The van der Waals surface area contributed by atoms with E-state index in [1.54, 1.807) is 0 Å². The molecule has 0 fully saturated rings. The van der Waals surface area contributed by atoms with Crippen LogP contribution in [0, 0.1) is 0 Å². The van der Waals surface area contributed by atoms with Crippen molar-refractivity contribution in [3.05, 3.63) is 21.9 Å². The van der Waals surface area contributed by atoms with Crippen LogP contribution in [0.4, 0.5) is 8.78 Å². The van der Waals surface area contributed by atoms with Crippen LogP contribution in [0.25, 0.3) is 0 Å². The third kappa shape index (κ3) is 2.13. The molecule has 0 aromatic carbocycles. The summed E-state index contributed by atoms with van der Waals surface area (Å²) < 4.78 is 24.3. The number of halogens is 3. The van der Waals surface area contributed by atoms with E-state index in [0.29, 0.717) is 0 Å². The molecule has 0 spiro atoms. The van der Waals surface area contributed by atoms with E-state index in [9.17, 15) is 8.78 Å². The summed E-state index contributed by atoms with van der Waals surface area (Å²) in [6.45, 7) is -0.492. The Hall–Kier alpha value is -0.750.